The predicted octanol–water partition coefficient (Wildman–Crippen LogP) is 6.86. The summed E-state index contributed by atoms with van der Waals surface area (Å²) in [7, 11) is 0. The molecule has 220 valence electrons. The molecule has 0 aliphatic carbocycles. The molecule has 3 aromatic rings. The Kier molecular flexibility index (Phi) is 7.36. The van der Waals surface area contributed by atoms with E-state index in [4.69, 9.17) is 14.2 Å². The molecular weight excluding hydrogens is 556 g/mol. The fourth-order valence-electron chi connectivity index (χ4n) is 5.33. The second kappa shape index (κ2) is 10.5. The molecule has 0 radical (unpaired) electrons. The smallest absolute Gasteiger partial charge is 0.416 e. The van der Waals surface area contributed by atoms with Crippen molar-refractivity contribution in [2.45, 2.75) is 71.1 Å². The lowest BCUT2D eigenvalue weighted by Crippen LogP contribution is -2.35. The molecule has 4 heterocycles. The van der Waals surface area contributed by atoms with E-state index in [1.54, 1.807) is 20.0 Å². The van der Waals surface area contributed by atoms with E-state index in [1.165, 1.54) is 11.8 Å². The summed E-state index contributed by atoms with van der Waals surface area (Å²) in [6.07, 6.45) is -7.79. The molecule has 0 bridgehead atoms. The van der Waals surface area contributed by atoms with Crippen molar-refractivity contribution in [2.75, 3.05) is 18.0 Å². The van der Waals surface area contributed by atoms with Crippen molar-refractivity contribution < 1.29 is 40.4 Å². The van der Waals surface area contributed by atoms with Crippen LogP contribution in [0.25, 0.3) is 11.3 Å². The number of hydrogen-bond acceptors (Lipinski definition) is 7. The van der Waals surface area contributed by atoms with E-state index in [0.717, 1.165) is 32.4 Å². The Labute approximate surface area is 231 Å². The maximum atomic E-state index is 13.5. The molecule has 1 amide bonds. The summed E-state index contributed by atoms with van der Waals surface area (Å²) in [5.41, 5.74) is -1.25. The highest BCUT2D eigenvalue weighted by Crippen LogP contribution is 2.41. The van der Waals surface area contributed by atoms with Crippen molar-refractivity contribution >= 4 is 11.9 Å². The number of halogens is 6. The summed E-state index contributed by atoms with van der Waals surface area (Å²) >= 11 is 0. The molecule has 2 saturated heterocycles. The minimum absolute atomic E-state index is 0.0450. The zero-order valence-corrected chi connectivity index (χ0v) is 22.4. The van der Waals surface area contributed by atoms with E-state index in [9.17, 15) is 31.1 Å². The molecule has 1 unspecified atom stereocenters. The molecule has 2 aliphatic rings. The first-order chi connectivity index (χ1) is 19.2. The number of nitrogens with zero attached hydrogens (tertiary/aromatic N) is 5. The number of aryl methyl sites for hydroxylation is 2. The number of anilines is 1. The topological polar surface area (TPSA) is 84.6 Å². The van der Waals surface area contributed by atoms with Crippen molar-refractivity contribution in [3.05, 3.63) is 58.2 Å². The molecule has 8 nitrogen and oxygen atoms in total. The van der Waals surface area contributed by atoms with Crippen molar-refractivity contribution in [2.24, 2.45) is 0 Å². The highest BCUT2D eigenvalue weighted by molar-refractivity contribution is 5.72. The average molecular weight is 584 g/mol. The minimum atomic E-state index is -5.03. The standard InChI is InChI=1S/C27H27F6N5O3/c1-14-22(16(3)41-36-14)20-12-34-24(37-7-5-4-6-8-37)21(35-20)13-38-15(2)23(40-25(38)39)17-9-18(26(28,29)30)11-19(10-17)27(31,32)33/h9-12,15,23H,4-8,13H2,1-3H3/t15-,23?/m0/s1. The number of rotatable bonds is 5. The Hall–Kier alpha value is -3.84. The number of carbonyl (C=O) groups excluding carboxylic acids is 1. The maximum Gasteiger partial charge on any atom is 0.416 e. The predicted molar refractivity (Wildman–Crippen MR) is 134 cm³/mol. The Morgan fingerprint density at radius 1 is 0.976 bits per heavy atom. The van der Waals surface area contributed by atoms with E-state index in [2.05, 4.69) is 15.0 Å². The van der Waals surface area contributed by atoms with Crippen LogP contribution in [0.4, 0.5) is 37.0 Å². The summed E-state index contributed by atoms with van der Waals surface area (Å²) in [4.78, 5) is 25.7. The fraction of sp³-hybridized carbons (Fsp3) is 0.481. The van der Waals surface area contributed by atoms with Gasteiger partial charge in [-0.05, 0) is 63.8 Å². The summed E-state index contributed by atoms with van der Waals surface area (Å²) < 4.78 is 91.5. The molecular formula is C27H27F6N5O3. The second-order valence-electron chi connectivity index (χ2n) is 10.3. The highest BCUT2D eigenvalue weighted by atomic mass is 19.4. The number of ether oxygens (including phenoxy) is 1. The maximum absolute atomic E-state index is 13.5. The second-order valence-corrected chi connectivity index (χ2v) is 10.3. The molecule has 0 spiro atoms. The Bertz CT molecular complexity index is 1400. The number of cyclic esters (lactones) is 1. The Morgan fingerprint density at radius 3 is 2.17 bits per heavy atom. The zero-order valence-electron chi connectivity index (χ0n) is 22.4. The quantitative estimate of drug-likeness (QED) is 0.304. The van der Waals surface area contributed by atoms with Gasteiger partial charge in [-0.3, -0.25) is 4.90 Å². The highest BCUT2D eigenvalue weighted by Gasteiger charge is 2.44. The molecule has 2 fully saturated rings. The summed E-state index contributed by atoms with van der Waals surface area (Å²) in [6.45, 7) is 6.30. The Balaban J connectivity index is 1.51. The van der Waals surface area contributed by atoms with E-state index in [0.29, 0.717) is 46.4 Å². The SMILES string of the molecule is Cc1noc(C)c1-c1cnc(N2CCCCC2)c(CN2C(=O)OC(c3cc(C(F)(F)F)cc(C(F)(F)F)c3)[C@@H]2C)n1. The van der Waals surface area contributed by atoms with E-state index < -0.39 is 47.3 Å². The summed E-state index contributed by atoms with van der Waals surface area (Å²) in [5.74, 6) is 1.06. The first-order valence-electron chi connectivity index (χ1n) is 13.0. The van der Waals surface area contributed by atoms with Gasteiger partial charge in [-0.25, -0.2) is 14.8 Å². The van der Waals surface area contributed by atoms with Gasteiger partial charge in [-0.15, -0.1) is 0 Å². The van der Waals surface area contributed by atoms with Gasteiger partial charge in [0.05, 0.1) is 46.9 Å². The van der Waals surface area contributed by atoms with Crippen LogP contribution in [-0.4, -0.2) is 45.2 Å². The average Bonchev–Trinajstić information content (AvgIpc) is 3.40. The van der Waals surface area contributed by atoms with E-state index in [1.807, 2.05) is 0 Å². The zero-order chi connectivity index (χ0) is 29.7. The van der Waals surface area contributed by atoms with Crippen LogP contribution in [0.15, 0.2) is 28.9 Å². The molecule has 14 heteroatoms. The monoisotopic (exact) mass is 583 g/mol. The van der Waals surface area contributed by atoms with Gasteiger partial charge >= 0.3 is 18.4 Å². The van der Waals surface area contributed by atoms with Crippen molar-refractivity contribution in [1.82, 2.24) is 20.0 Å². The van der Waals surface area contributed by atoms with Crippen LogP contribution in [-0.2, 0) is 23.6 Å². The van der Waals surface area contributed by atoms with Crippen molar-refractivity contribution in [1.29, 1.82) is 0 Å². The van der Waals surface area contributed by atoms with Gasteiger partial charge < -0.3 is 14.2 Å². The molecule has 2 aliphatic heterocycles. The lowest BCUT2D eigenvalue weighted by Gasteiger charge is -2.30. The van der Waals surface area contributed by atoms with Gasteiger partial charge in [0, 0.05) is 13.1 Å². The van der Waals surface area contributed by atoms with Gasteiger partial charge in [-0.1, -0.05) is 5.16 Å². The van der Waals surface area contributed by atoms with Crippen LogP contribution in [0.5, 0.6) is 0 Å². The van der Waals surface area contributed by atoms with Crippen molar-refractivity contribution in [3.8, 4) is 11.3 Å². The number of amides is 1. The van der Waals surface area contributed by atoms with Crippen LogP contribution < -0.4 is 4.90 Å². The first-order valence-corrected chi connectivity index (χ1v) is 13.0. The van der Waals surface area contributed by atoms with Gasteiger partial charge in [0.15, 0.2) is 5.82 Å². The molecule has 2 atom stereocenters. The molecule has 0 saturated carbocycles. The number of benzene rings is 1. The van der Waals surface area contributed by atoms with Gasteiger partial charge in [0.25, 0.3) is 0 Å². The third-order valence-electron chi connectivity index (χ3n) is 7.42. The normalized spacial score (nSPS) is 20.1. The van der Waals surface area contributed by atoms with E-state index in [-0.39, 0.29) is 12.6 Å². The number of aromatic nitrogens is 3. The number of carbonyl (C=O) groups is 1. The lowest BCUT2D eigenvalue weighted by atomic mass is 9.97. The van der Waals surface area contributed by atoms with Crippen LogP contribution in [0.1, 0.15) is 66.1 Å². The third-order valence-corrected chi connectivity index (χ3v) is 7.42. The third kappa shape index (κ3) is 5.68. The Morgan fingerprint density at radius 2 is 1.61 bits per heavy atom. The summed E-state index contributed by atoms with van der Waals surface area (Å²) in [5, 5.41) is 3.96. The van der Waals surface area contributed by atoms with Crippen LogP contribution >= 0.6 is 0 Å². The van der Waals surface area contributed by atoms with Gasteiger partial charge in [-0.2, -0.15) is 26.3 Å². The molecule has 2 aromatic heterocycles. The van der Waals surface area contributed by atoms with E-state index >= 15 is 0 Å². The first kappa shape index (κ1) is 28.7. The number of alkyl halides is 6. The molecule has 5 rings (SSSR count). The number of hydrogen-bond donors (Lipinski definition) is 0. The van der Waals surface area contributed by atoms with Crippen LogP contribution in [0.3, 0.4) is 0 Å². The molecule has 1 aromatic carbocycles. The van der Waals surface area contributed by atoms with Crippen molar-refractivity contribution in [3.63, 3.8) is 0 Å². The van der Waals surface area contributed by atoms with Gasteiger partial charge in [0.1, 0.15) is 17.6 Å². The largest absolute Gasteiger partial charge is 0.439 e. The van der Waals surface area contributed by atoms with Crippen LogP contribution in [0.2, 0.25) is 0 Å². The molecule has 0 N–H and O–H groups in total. The summed E-state index contributed by atoms with van der Waals surface area (Å²) in [6, 6.07) is 0.309. The fourth-order valence-corrected chi connectivity index (χ4v) is 5.33. The number of piperidine rings is 1. The minimum Gasteiger partial charge on any atom is -0.439 e. The lowest BCUT2D eigenvalue weighted by molar-refractivity contribution is -0.143. The van der Waals surface area contributed by atoms with Gasteiger partial charge in [0.2, 0.25) is 0 Å². The molecule has 41 heavy (non-hydrogen) atoms. The van der Waals surface area contributed by atoms with Crippen LogP contribution in [0, 0.1) is 13.8 Å².